The van der Waals surface area contributed by atoms with E-state index in [9.17, 15) is 4.79 Å². The standard InChI is InChI=1S/C7H15N3O/c1-10(7(11)4-8)6-2-3-9-5-6/h6,9H,2-5,8H2,1H3. The molecule has 64 valence electrons. The van der Waals surface area contributed by atoms with Crippen molar-refractivity contribution >= 4 is 5.91 Å². The molecule has 0 aromatic rings. The Morgan fingerprint density at radius 2 is 2.55 bits per heavy atom. The number of carbonyl (C=O) groups is 1. The number of amides is 1. The number of likely N-dealkylation sites (N-methyl/N-ethyl adjacent to an activating group) is 1. The largest absolute Gasteiger partial charge is 0.340 e. The number of rotatable bonds is 2. The number of carbonyl (C=O) groups excluding carboxylic acids is 1. The summed E-state index contributed by atoms with van der Waals surface area (Å²) in [4.78, 5) is 12.8. The number of nitrogens with zero attached hydrogens (tertiary/aromatic N) is 1. The molecule has 4 heteroatoms. The Kier molecular flexibility index (Phi) is 2.84. The van der Waals surface area contributed by atoms with Crippen molar-refractivity contribution in [3.8, 4) is 0 Å². The highest BCUT2D eigenvalue weighted by molar-refractivity contribution is 5.78. The fourth-order valence-corrected chi connectivity index (χ4v) is 1.32. The first-order valence-corrected chi connectivity index (χ1v) is 3.92. The van der Waals surface area contributed by atoms with Crippen molar-refractivity contribution in [3.63, 3.8) is 0 Å². The number of nitrogens with two attached hydrogens (primary N) is 1. The maximum absolute atomic E-state index is 11.1. The van der Waals surface area contributed by atoms with Crippen LogP contribution in [-0.2, 0) is 4.79 Å². The first-order chi connectivity index (χ1) is 5.25. The molecule has 1 amide bonds. The average molecular weight is 157 g/mol. The molecule has 0 aliphatic carbocycles. The van der Waals surface area contributed by atoms with Gasteiger partial charge in [0, 0.05) is 19.6 Å². The highest BCUT2D eigenvalue weighted by atomic mass is 16.2. The van der Waals surface area contributed by atoms with E-state index in [4.69, 9.17) is 5.73 Å². The monoisotopic (exact) mass is 157 g/mol. The van der Waals surface area contributed by atoms with Gasteiger partial charge in [0.15, 0.2) is 0 Å². The zero-order chi connectivity index (χ0) is 8.27. The molecule has 1 heterocycles. The van der Waals surface area contributed by atoms with Gasteiger partial charge in [-0.15, -0.1) is 0 Å². The van der Waals surface area contributed by atoms with E-state index in [2.05, 4.69) is 5.32 Å². The lowest BCUT2D eigenvalue weighted by atomic mass is 10.2. The predicted octanol–water partition coefficient (Wildman–Crippen LogP) is -1.23. The quantitative estimate of drug-likeness (QED) is 0.527. The Morgan fingerprint density at radius 1 is 1.82 bits per heavy atom. The van der Waals surface area contributed by atoms with Gasteiger partial charge in [0.1, 0.15) is 0 Å². The third-order valence-corrected chi connectivity index (χ3v) is 2.15. The van der Waals surface area contributed by atoms with E-state index in [1.807, 2.05) is 7.05 Å². The van der Waals surface area contributed by atoms with E-state index in [0.29, 0.717) is 6.04 Å². The highest BCUT2D eigenvalue weighted by Crippen LogP contribution is 2.05. The van der Waals surface area contributed by atoms with Crippen LogP contribution in [0, 0.1) is 0 Å². The molecule has 1 aliphatic heterocycles. The maximum Gasteiger partial charge on any atom is 0.236 e. The first kappa shape index (κ1) is 8.49. The lowest BCUT2D eigenvalue weighted by molar-refractivity contribution is -0.130. The van der Waals surface area contributed by atoms with Gasteiger partial charge in [-0.2, -0.15) is 0 Å². The van der Waals surface area contributed by atoms with Crippen LogP contribution in [0.4, 0.5) is 0 Å². The smallest absolute Gasteiger partial charge is 0.236 e. The Bertz CT molecular complexity index is 143. The average Bonchev–Trinajstić information content (AvgIpc) is 2.53. The second kappa shape index (κ2) is 3.69. The van der Waals surface area contributed by atoms with E-state index in [1.165, 1.54) is 0 Å². The van der Waals surface area contributed by atoms with Crippen molar-refractivity contribution in [3.05, 3.63) is 0 Å². The van der Waals surface area contributed by atoms with Crippen LogP contribution in [0.3, 0.4) is 0 Å². The Hall–Kier alpha value is -0.610. The van der Waals surface area contributed by atoms with Gasteiger partial charge >= 0.3 is 0 Å². The summed E-state index contributed by atoms with van der Waals surface area (Å²) >= 11 is 0. The van der Waals surface area contributed by atoms with Crippen LogP contribution in [0.5, 0.6) is 0 Å². The molecule has 0 bridgehead atoms. The fraction of sp³-hybridized carbons (Fsp3) is 0.857. The second-order valence-corrected chi connectivity index (χ2v) is 2.86. The van der Waals surface area contributed by atoms with Crippen LogP contribution in [0.2, 0.25) is 0 Å². The van der Waals surface area contributed by atoms with Crippen LogP contribution in [0.15, 0.2) is 0 Å². The number of hydrogen-bond donors (Lipinski definition) is 2. The summed E-state index contributed by atoms with van der Waals surface area (Å²) in [6.07, 6.45) is 1.04. The molecule has 1 saturated heterocycles. The predicted molar refractivity (Wildman–Crippen MR) is 43.1 cm³/mol. The molecule has 1 fully saturated rings. The van der Waals surface area contributed by atoms with Gasteiger partial charge in [-0.25, -0.2) is 0 Å². The minimum Gasteiger partial charge on any atom is -0.340 e. The molecule has 0 saturated carbocycles. The zero-order valence-electron chi connectivity index (χ0n) is 6.84. The summed E-state index contributed by atoms with van der Waals surface area (Å²) < 4.78 is 0. The maximum atomic E-state index is 11.1. The summed E-state index contributed by atoms with van der Waals surface area (Å²) in [6, 6.07) is 0.353. The number of hydrogen-bond acceptors (Lipinski definition) is 3. The van der Waals surface area contributed by atoms with Crippen molar-refractivity contribution in [1.82, 2.24) is 10.2 Å². The topological polar surface area (TPSA) is 58.4 Å². The molecular formula is C7H15N3O. The van der Waals surface area contributed by atoms with E-state index < -0.39 is 0 Å². The van der Waals surface area contributed by atoms with Crippen molar-refractivity contribution in [2.45, 2.75) is 12.5 Å². The van der Waals surface area contributed by atoms with Gasteiger partial charge < -0.3 is 16.0 Å². The van der Waals surface area contributed by atoms with Crippen LogP contribution in [-0.4, -0.2) is 43.5 Å². The first-order valence-electron chi connectivity index (χ1n) is 3.92. The van der Waals surface area contributed by atoms with Crippen LogP contribution >= 0.6 is 0 Å². The van der Waals surface area contributed by atoms with Gasteiger partial charge in [0.05, 0.1) is 6.54 Å². The minimum atomic E-state index is 0.0266. The minimum absolute atomic E-state index is 0.0266. The molecule has 0 aromatic carbocycles. The van der Waals surface area contributed by atoms with Gasteiger partial charge in [0.2, 0.25) is 5.91 Å². The lowest BCUT2D eigenvalue weighted by Crippen LogP contribution is -2.41. The molecule has 11 heavy (non-hydrogen) atoms. The van der Waals surface area contributed by atoms with Crippen molar-refractivity contribution in [1.29, 1.82) is 0 Å². The van der Waals surface area contributed by atoms with Crippen molar-refractivity contribution < 1.29 is 4.79 Å². The second-order valence-electron chi connectivity index (χ2n) is 2.86. The fourth-order valence-electron chi connectivity index (χ4n) is 1.32. The van der Waals surface area contributed by atoms with Crippen LogP contribution in [0.25, 0.3) is 0 Å². The Balaban J connectivity index is 2.39. The molecule has 4 nitrogen and oxygen atoms in total. The summed E-state index contributed by atoms with van der Waals surface area (Å²) in [7, 11) is 1.81. The lowest BCUT2D eigenvalue weighted by Gasteiger charge is -2.22. The van der Waals surface area contributed by atoms with E-state index in [-0.39, 0.29) is 12.5 Å². The molecule has 1 rings (SSSR count). The van der Waals surface area contributed by atoms with Gasteiger partial charge in [-0.3, -0.25) is 4.79 Å². The molecular weight excluding hydrogens is 142 g/mol. The summed E-state index contributed by atoms with van der Waals surface area (Å²) in [5.74, 6) is 0.0266. The molecule has 3 N–H and O–H groups in total. The molecule has 1 aliphatic rings. The SMILES string of the molecule is CN(C(=O)CN)C1CCNC1. The van der Waals surface area contributed by atoms with Crippen LogP contribution < -0.4 is 11.1 Å². The molecule has 0 radical (unpaired) electrons. The third kappa shape index (κ3) is 1.91. The summed E-state index contributed by atoms with van der Waals surface area (Å²) in [5, 5.41) is 3.20. The summed E-state index contributed by atoms with van der Waals surface area (Å²) in [6.45, 7) is 2.03. The normalized spacial score (nSPS) is 23.6. The van der Waals surface area contributed by atoms with E-state index in [1.54, 1.807) is 4.90 Å². The molecule has 1 atom stereocenters. The van der Waals surface area contributed by atoms with Gasteiger partial charge in [-0.05, 0) is 13.0 Å². The summed E-state index contributed by atoms with van der Waals surface area (Å²) in [5.41, 5.74) is 5.23. The molecule has 0 spiro atoms. The van der Waals surface area contributed by atoms with Crippen molar-refractivity contribution in [2.24, 2.45) is 5.73 Å². The Morgan fingerprint density at radius 3 is 3.00 bits per heavy atom. The van der Waals surface area contributed by atoms with Crippen LogP contribution in [0.1, 0.15) is 6.42 Å². The van der Waals surface area contributed by atoms with E-state index >= 15 is 0 Å². The zero-order valence-corrected chi connectivity index (χ0v) is 6.84. The highest BCUT2D eigenvalue weighted by Gasteiger charge is 2.21. The molecule has 0 aromatic heterocycles. The number of nitrogens with one attached hydrogen (secondary N) is 1. The van der Waals surface area contributed by atoms with E-state index in [0.717, 1.165) is 19.5 Å². The third-order valence-electron chi connectivity index (χ3n) is 2.15. The Labute approximate surface area is 66.7 Å². The van der Waals surface area contributed by atoms with Gasteiger partial charge in [0.25, 0.3) is 0 Å². The molecule has 1 unspecified atom stereocenters. The van der Waals surface area contributed by atoms with Crippen molar-refractivity contribution in [2.75, 3.05) is 26.7 Å². The van der Waals surface area contributed by atoms with Gasteiger partial charge in [-0.1, -0.05) is 0 Å².